The van der Waals surface area contributed by atoms with Gasteiger partial charge in [-0.1, -0.05) is 47.5 Å². The molecule has 0 amide bonds. The Bertz CT molecular complexity index is 597. The summed E-state index contributed by atoms with van der Waals surface area (Å²) in [4.78, 5) is 11.3. The molecule has 0 aliphatic heterocycles. The quantitative estimate of drug-likeness (QED) is 0.850. The van der Waals surface area contributed by atoms with E-state index in [4.69, 9.17) is 23.2 Å². The van der Waals surface area contributed by atoms with E-state index in [0.29, 0.717) is 23.0 Å². The van der Waals surface area contributed by atoms with Gasteiger partial charge in [-0.2, -0.15) is 0 Å². The van der Waals surface area contributed by atoms with Gasteiger partial charge in [-0.25, -0.2) is 0 Å². The minimum Gasteiger partial charge on any atom is -0.480 e. The molecule has 3 nitrogen and oxygen atoms in total. The first-order valence-electron chi connectivity index (χ1n) is 6.49. The number of carboxylic acids is 1. The van der Waals surface area contributed by atoms with E-state index in [-0.39, 0.29) is 0 Å². The molecule has 2 aromatic carbocycles. The molecule has 0 saturated carbocycles. The van der Waals surface area contributed by atoms with Gasteiger partial charge in [0.15, 0.2) is 0 Å². The SMILES string of the molecule is O=C(O)[C@H](Cc1ccc(Cl)cc1)NCc1ccc(Cl)cc1. The van der Waals surface area contributed by atoms with Crippen LogP contribution in [0.1, 0.15) is 11.1 Å². The maximum Gasteiger partial charge on any atom is 0.321 e. The number of nitrogens with one attached hydrogen (secondary N) is 1. The lowest BCUT2D eigenvalue weighted by atomic mass is 10.1. The summed E-state index contributed by atoms with van der Waals surface area (Å²) in [6.45, 7) is 0.474. The normalized spacial score (nSPS) is 12.1. The van der Waals surface area contributed by atoms with E-state index in [9.17, 15) is 9.90 Å². The fourth-order valence-electron chi connectivity index (χ4n) is 1.95. The predicted molar refractivity (Wildman–Crippen MR) is 84.9 cm³/mol. The van der Waals surface area contributed by atoms with Crippen LogP contribution in [0.5, 0.6) is 0 Å². The van der Waals surface area contributed by atoms with Gasteiger partial charge < -0.3 is 10.4 Å². The van der Waals surface area contributed by atoms with Gasteiger partial charge in [-0.15, -0.1) is 0 Å². The molecule has 5 heteroatoms. The smallest absolute Gasteiger partial charge is 0.321 e. The Kier molecular flexibility index (Phi) is 5.62. The summed E-state index contributed by atoms with van der Waals surface area (Å²) in [5.74, 6) is -0.876. The average Bonchev–Trinajstić information content (AvgIpc) is 2.47. The van der Waals surface area contributed by atoms with Crippen LogP contribution >= 0.6 is 23.2 Å². The average molecular weight is 324 g/mol. The third-order valence-electron chi connectivity index (χ3n) is 3.12. The van der Waals surface area contributed by atoms with Crippen molar-refractivity contribution >= 4 is 29.2 Å². The Labute approximate surface area is 133 Å². The van der Waals surface area contributed by atoms with Gasteiger partial charge in [0.2, 0.25) is 0 Å². The molecule has 0 spiro atoms. The Balaban J connectivity index is 1.97. The first kappa shape index (κ1) is 15.8. The number of carboxylic acid groups (broad SMARTS) is 1. The molecule has 0 fully saturated rings. The van der Waals surface area contributed by atoms with Crippen LogP contribution < -0.4 is 5.32 Å². The topological polar surface area (TPSA) is 49.3 Å². The van der Waals surface area contributed by atoms with Crippen molar-refractivity contribution in [3.05, 3.63) is 69.7 Å². The van der Waals surface area contributed by atoms with E-state index in [1.165, 1.54) is 0 Å². The van der Waals surface area contributed by atoms with Crippen molar-refractivity contribution in [1.82, 2.24) is 5.32 Å². The molecule has 0 aromatic heterocycles. The zero-order valence-electron chi connectivity index (χ0n) is 11.2. The number of hydrogen-bond acceptors (Lipinski definition) is 2. The number of halogens is 2. The van der Waals surface area contributed by atoms with E-state index < -0.39 is 12.0 Å². The molecular formula is C16H15Cl2NO2. The first-order chi connectivity index (χ1) is 10.0. The first-order valence-corrected chi connectivity index (χ1v) is 7.25. The second-order valence-corrected chi connectivity index (χ2v) is 5.60. The molecule has 0 bridgehead atoms. The van der Waals surface area contributed by atoms with Gasteiger partial charge in [-0.3, -0.25) is 4.79 Å². The van der Waals surface area contributed by atoms with Crippen LogP contribution in [-0.2, 0) is 17.8 Å². The van der Waals surface area contributed by atoms with Crippen LogP contribution in [0.25, 0.3) is 0 Å². The highest BCUT2D eigenvalue weighted by Gasteiger charge is 2.17. The van der Waals surface area contributed by atoms with E-state index in [1.54, 1.807) is 24.3 Å². The zero-order chi connectivity index (χ0) is 15.2. The van der Waals surface area contributed by atoms with Gasteiger partial charge in [0.25, 0.3) is 0 Å². The van der Waals surface area contributed by atoms with Crippen molar-refractivity contribution in [2.75, 3.05) is 0 Å². The van der Waals surface area contributed by atoms with Crippen LogP contribution in [0.3, 0.4) is 0 Å². The molecular weight excluding hydrogens is 309 g/mol. The Morgan fingerprint density at radius 2 is 1.43 bits per heavy atom. The van der Waals surface area contributed by atoms with Crippen LogP contribution in [0.15, 0.2) is 48.5 Å². The molecule has 2 aromatic rings. The highest BCUT2D eigenvalue weighted by molar-refractivity contribution is 6.30. The molecule has 110 valence electrons. The summed E-state index contributed by atoms with van der Waals surface area (Å²) in [6, 6.07) is 13.9. The highest BCUT2D eigenvalue weighted by atomic mass is 35.5. The van der Waals surface area contributed by atoms with Gasteiger partial charge in [0, 0.05) is 16.6 Å². The number of benzene rings is 2. The number of hydrogen-bond donors (Lipinski definition) is 2. The monoisotopic (exact) mass is 323 g/mol. The Morgan fingerprint density at radius 1 is 0.952 bits per heavy atom. The van der Waals surface area contributed by atoms with Crippen molar-refractivity contribution in [3.8, 4) is 0 Å². The van der Waals surface area contributed by atoms with Gasteiger partial charge in [-0.05, 0) is 41.8 Å². The summed E-state index contributed by atoms with van der Waals surface area (Å²) in [7, 11) is 0. The summed E-state index contributed by atoms with van der Waals surface area (Å²) in [5, 5.41) is 13.6. The maximum atomic E-state index is 11.3. The van der Waals surface area contributed by atoms with Crippen LogP contribution in [0.4, 0.5) is 0 Å². The summed E-state index contributed by atoms with van der Waals surface area (Å²) >= 11 is 11.6. The molecule has 1 atom stereocenters. The van der Waals surface area contributed by atoms with Crippen molar-refractivity contribution in [2.45, 2.75) is 19.0 Å². The van der Waals surface area contributed by atoms with Crippen molar-refractivity contribution < 1.29 is 9.90 Å². The largest absolute Gasteiger partial charge is 0.480 e. The predicted octanol–water partition coefficient (Wildman–Crippen LogP) is 3.78. The van der Waals surface area contributed by atoms with Crippen LogP contribution in [-0.4, -0.2) is 17.1 Å². The van der Waals surface area contributed by atoms with E-state index in [0.717, 1.165) is 11.1 Å². The van der Waals surface area contributed by atoms with E-state index >= 15 is 0 Å². The molecule has 0 aliphatic rings. The molecule has 2 N–H and O–H groups in total. The van der Waals surface area contributed by atoms with Crippen molar-refractivity contribution in [3.63, 3.8) is 0 Å². The second kappa shape index (κ2) is 7.46. The molecule has 2 rings (SSSR count). The van der Waals surface area contributed by atoms with Gasteiger partial charge in [0.1, 0.15) is 6.04 Å². The summed E-state index contributed by atoms with van der Waals surface area (Å²) in [6.07, 6.45) is 0.403. The van der Waals surface area contributed by atoms with Crippen LogP contribution in [0, 0.1) is 0 Å². The van der Waals surface area contributed by atoms with Gasteiger partial charge in [0.05, 0.1) is 0 Å². The van der Waals surface area contributed by atoms with E-state index in [1.807, 2.05) is 24.3 Å². The fraction of sp³-hybridized carbons (Fsp3) is 0.188. The minimum atomic E-state index is -0.876. The lowest BCUT2D eigenvalue weighted by Crippen LogP contribution is -2.38. The van der Waals surface area contributed by atoms with E-state index in [2.05, 4.69) is 5.32 Å². The highest BCUT2D eigenvalue weighted by Crippen LogP contribution is 2.12. The molecule has 0 heterocycles. The van der Waals surface area contributed by atoms with Gasteiger partial charge >= 0.3 is 5.97 Å². The Morgan fingerprint density at radius 3 is 1.90 bits per heavy atom. The number of aliphatic carboxylic acids is 1. The standard InChI is InChI=1S/C16H15Cl2NO2/c17-13-5-1-11(2-6-13)9-15(16(20)21)19-10-12-3-7-14(18)8-4-12/h1-8,15,19H,9-10H2,(H,20,21)/t15-/m0/s1. The van der Waals surface area contributed by atoms with Crippen LogP contribution in [0.2, 0.25) is 10.0 Å². The lowest BCUT2D eigenvalue weighted by molar-refractivity contribution is -0.139. The molecule has 0 saturated heterocycles. The van der Waals surface area contributed by atoms with Crippen molar-refractivity contribution in [2.24, 2.45) is 0 Å². The summed E-state index contributed by atoms with van der Waals surface area (Å²) < 4.78 is 0. The lowest BCUT2D eigenvalue weighted by Gasteiger charge is -2.14. The fourth-order valence-corrected chi connectivity index (χ4v) is 2.20. The minimum absolute atomic E-state index is 0.403. The maximum absolute atomic E-state index is 11.3. The molecule has 0 radical (unpaired) electrons. The molecule has 21 heavy (non-hydrogen) atoms. The zero-order valence-corrected chi connectivity index (χ0v) is 12.7. The second-order valence-electron chi connectivity index (χ2n) is 4.73. The third kappa shape index (κ3) is 5.05. The molecule has 0 aliphatic carbocycles. The Hall–Kier alpha value is -1.55. The van der Waals surface area contributed by atoms with Crippen molar-refractivity contribution in [1.29, 1.82) is 0 Å². The number of carbonyl (C=O) groups is 1. The summed E-state index contributed by atoms with van der Waals surface area (Å²) in [5.41, 5.74) is 1.91. The third-order valence-corrected chi connectivity index (χ3v) is 3.62. The number of rotatable bonds is 6. The molecule has 0 unspecified atom stereocenters.